The summed E-state index contributed by atoms with van der Waals surface area (Å²) >= 11 is 0. The minimum atomic E-state index is -2.37. The van der Waals surface area contributed by atoms with E-state index >= 15 is 0 Å². The topological polar surface area (TPSA) is 44.7 Å². The van der Waals surface area contributed by atoms with Crippen molar-refractivity contribution in [3.63, 3.8) is 0 Å². The highest BCUT2D eigenvalue weighted by Crippen LogP contribution is 2.29. The SMILES string of the molecule is CC(C)NCC1(CN(CCO)CC(F)F)CCCOC1. The zero-order valence-corrected chi connectivity index (χ0v) is 12.6. The number of rotatable bonds is 9. The van der Waals surface area contributed by atoms with Crippen LogP contribution in [0.1, 0.15) is 26.7 Å². The molecule has 0 radical (unpaired) electrons. The molecule has 0 aromatic heterocycles. The molecule has 120 valence electrons. The summed E-state index contributed by atoms with van der Waals surface area (Å²) < 4.78 is 30.8. The Kier molecular flexibility index (Phi) is 7.87. The predicted octanol–water partition coefficient (Wildman–Crippen LogP) is 1.34. The number of hydrogen-bond acceptors (Lipinski definition) is 4. The minimum Gasteiger partial charge on any atom is -0.395 e. The van der Waals surface area contributed by atoms with Gasteiger partial charge in [0.2, 0.25) is 0 Å². The monoisotopic (exact) mass is 294 g/mol. The molecular formula is C14H28F2N2O2. The smallest absolute Gasteiger partial charge is 0.251 e. The van der Waals surface area contributed by atoms with Gasteiger partial charge in [-0.1, -0.05) is 13.8 Å². The number of halogens is 2. The molecule has 0 spiro atoms. The number of hydrogen-bond donors (Lipinski definition) is 2. The van der Waals surface area contributed by atoms with Gasteiger partial charge in [0.05, 0.1) is 19.8 Å². The van der Waals surface area contributed by atoms with E-state index < -0.39 is 6.43 Å². The molecule has 1 atom stereocenters. The molecular weight excluding hydrogens is 266 g/mol. The van der Waals surface area contributed by atoms with Gasteiger partial charge in [-0.15, -0.1) is 0 Å². The summed E-state index contributed by atoms with van der Waals surface area (Å²) in [7, 11) is 0. The molecule has 1 aliphatic heterocycles. The first kappa shape index (κ1) is 17.8. The van der Waals surface area contributed by atoms with E-state index in [0.29, 0.717) is 19.2 Å². The second-order valence-corrected chi connectivity index (χ2v) is 6.04. The first-order valence-electron chi connectivity index (χ1n) is 7.40. The zero-order valence-electron chi connectivity index (χ0n) is 12.6. The number of aliphatic hydroxyl groups excluding tert-OH is 1. The van der Waals surface area contributed by atoms with Crippen LogP contribution in [0.15, 0.2) is 0 Å². The van der Waals surface area contributed by atoms with Crippen molar-refractivity contribution >= 4 is 0 Å². The quantitative estimate of drug-likeness (QED) is 0.673. The van der Waals surface area contributed by atoms with Gasteiger partial charge in [-0.25, -0.2) is 8.78 Å². The Labute approximate surface area is 120 Å². The molecule has 0 amide bonds. The van der Waals surface area contributed by atoms with Crippen molar-refractivity contribution in [2.24, 2.45) is 5.41 Å². The molecule has 0 aromatic rings. The van der Waals surface area contributed by atoms with Gasteiger partial charge in [0.1, 0.15) is 0 Å². The van der Waals surface area contributed by atoms with Crippen molar-refractivity contribution in [1.29, 1.82) is 0 Å². The second kappa shape index (κ2) is 8.87. The summed E-state index contributed by atoms with van der Waals surface area (Å²) in [6.45, 7) is 6.69. The Morgan fingerprint density at radius 2 is 2.15 bits per heavy atom. The van der Waals surface area contributed by atoms with Crippen molar-refractivity contribution in [1.82, 2.24) is 10.2 Å². The Bertz CT molecular complexity index is 260. The average molecular weight is 294 g/mol. The fraction of sp³-hybridized carbons (Fsp3) is 1.00. The molecule has 6 heteroatoms. The highest BCUT2D eigenvalue weighted by Gasteiger charge is 2.35. The van der Waals surface area contributed by atoms with E-state index in [-0.39, 0.29) is 25.1 Å². The molecule has 1 heterocycles. The fourth-order valence-corrected chi connectivity index (χ4v) is 2.70. The van der Waals surface area contributed by atoms with E-state index in [1.165, 1.54) is 0 Å². The third-order valence-electron chi connectivity index (χ3n) is 3.66. The first-order chi connectivity index (χ1) is 9.47. The van der Waals surface area contributed by atoms with Gasteiger partial charge >= 0.3 is 0 Å². The van der Waals surface area contributed by atoms with E-state index in [1.807, 2.05) is 0 Å². The minimum absolute atomic E-state index is 0.0960. The molecule has 1 fully saturated rings. The number of nitrogens with one attached hydrogen (secondary N) is 1. The molecule has 20 heavy (non-hydrogen) atoms. The molecule has 4 nitrogen and oxygen atoms in total. The van der Waals surface area contributed by atoms with Crippen molar-refractivity contribution in [2.45, 2.75) is 39.2 Å². The molecule has 1 saturated heterocycles. The standard InChI is InChI=1S/C14H28F2N2O2/c1-12(2)17-9-14(4-3-7-20-11-14)10-18(5-6-19)8-13(15)16/h12-13,17,19H,3-11H2,1-2H3. The maximum Gasteiger partial charge on any atom is 0.251 e. The van der Waals surface area contributed by atoms with Gasteiger partial charge < -0.3 is 15.2 Å². The van der Waals surface area contributed by atoms with Crippen LogP contribution in [0.4, 0.5) is 8.78 Å². The number of nitrogens with zero attached hydrogens (tertiary/aromatic N) is 1. The highest BCUT2D eigenvalue weighted by atomic mass is 19.3. The van der Waals surface area contributed by atoms with Crippen LogP contribution in [0.5, 0.6) is 0 Å². The molecule has 0 aliphatic carbocycles. The molecule has 1 aliphatic rings. The van der Waals surface area contributed by atoms with Crippen molar-refractivity contribution in [3.8, 4) is 0 Å². The summed E-state index contributed by atoms with van der Waals surface area (Å²) in [6, 6.07) is 0.357. The number of alkyl halides is 2. The van der Waals surface area contributed by atoms with Crippen LogP contribution in [-0.2, 0) is 4.74 Å². The third kappa shape index (κ3) is 6.43. The van der Waals surface area contributed by atoms with Crippen LogP contribution in [0, 0.1) is 5.41 Å². The predicted molar refractivity (Wildman–Crippen MR) is 75.2 cm³/mol. The Balaban J connectivity index is 2.64. The molecule has 1 unspecified atom stereocenters. The lowest BCUT2D eigenvalue weighted by Gasteiger charge is -2.41. The van der Waals surface area contributed by atoms with Gasteiger partial charge in [-0.2, -0.15) is 0 Å². The normalized spacial score (nSPS) is 24.0. The van der Waals surface area contributed by atoms with Gasteiger partial charge in [0.15, 0.2) is 0 Å². The lowest BCUT2D eigenvalue weighted by molar-refractivity contribution is -0.0373. The molecule has 0 bridgehead atoms. The third-order valence-corrected chi connectivity index (χ3v) is 3.66. The van der Waals surface area contributed by atoms with Crippen LogP contribution in [-0.4, -0.2) is 68.5 Å². The molecule has 0 saturated carbocycles. The maximum absolute atomic E-state index is 12.6. The summed E-state index contributed by atoms with van der Waals surface area (Å²) in [4.78, 5) is 1.65. The first-order valence-corrected chi connectivity index (χ1v) is 7.40. The van der Waals surface area contributed by atoms with Gasteiger partial charge in [0.25, 0.3) is 6.43 Å². The summed E-state index contributed by atoms with van der Waals surface area (Å²) in [5, 5.41) is 12.4. The molecule has 1 rings (SSSR count). The number of aliphatic hydroxyl groups is 1. The van der Waals surface area contributed by atoms with Crippen LogP contribution in [0.2, 0.25) is 0 Å². The highest BCUT2D eigenvalue weighted by molar-refractivity contribution is 4.88. The van der Waals surface area contributed by atoms with Crippen LogP contribution in [0.25, 0.3) is 0 Å². The Morgan fingerprint density at radius 3 is 2.65 bits per heavy atom. The van der Waals surface area contributed by atoms with Crippen molar-refractivity contribution < 1.29 is 18.6 Å². The summed E-state index contributed by atoms with van der Waals surface area (Å²) in [5.41, 5.74) is -0.132. The van der Waals surface area contributed by atoms with Crippen LogP contribution >= 0.6 is 0 Å². The van der Waals surface area contributed by atoms with Gasteiger partial charge in [-0.05, 0) is 12.8 Å². The largest absolute Gasteiger partial charge is 0.395 e. The molecule has 2 N–H and O–H groups in total. The van der Waals surface area contributed by atoms with E-state index in [9.17, 15) is 8.78 Å². The fourth-order valence-electron chi connectivity index (χ4n) is 2.70. The average Bonchev–Trinajstić information content (AvgIpc) is 2.37. The lowest BCUT2D eigenvalue weighted by Crippen LogP contribution is -2.51. The van der Waals surface area contributed by atoms with Crippen molar-refractivity contribution in [3.05, 3.63) is 0 Å². The summed E-state index contributed by atoms with van der Waals surface area (Å²) in [6.07, 6.45) is -0.444. The maximum atomic E-state index is 12.6. The lowest BCUT2D eigenvalue weighted by atomic mass is 9.81. The van der Waals surface area contributed by atoms with E-state index in [4.69, 9.17) is 9.84 Å². The van der Waals surface area contributed by atoms with Gasteiger partial charge in [-0.3, -0.25) is 4.90 Å². The second-order valence-electron chi connectivity index (χ2n) is 6.04. The van der Waals surface area contributed by atoms with Crippen molar-refractivity contribution in [2.75, 3.05) is 46.0 Å². The van der Waals surface area contributed by atoms with E-state index in [1.54, 1.807) is 4.90 Å². The zero-order chi connectivity index (χ0) is 15.0. The van der Waals surface area contributed by atoms with E-state index in [0.717, 1.165) is 26.0 Å². The summed E-state index contributed by atoms with van der Waals surface area (Å²) in [5.74, 6) is 0. The molecule has 0 aromatic carbocycles. The van der Waals surface area contributed by atoms with Gasteiger partial charge in [0, 0.05) is 37.7 Å². The Hall–Kier alpha value is -0.300. The number of ether oxygens (including phenoxy) is 1. The van der Waals surface area contributed by atoms with Crippen LogP contribution in [0.3, 0.4) is 0 Å². The van der Waals surface area contributed by atoms with Crippen LogP contribution < -0.4 is 5.32 Å². The van der Waals surface area contributed by atoms with E-state index in [2.05, 4.69) is 19.2 Å². The Morgan fingerprint density at radius 1 is 1.40 bits per heavy atom.